The van der Waals surface area contributed by atoms with E-state index in [1.807, 2.05) is 37.3 Å². The highest BCUT2D eigenvalue weighted by Gasteiger charge is 1.96. The lowest BCUT2D eigenvalue weighted by Gasteiger charge is -2.02. The van der Waals surface area contributed by atoms with E-state index in [4.69, 9.17) is 22.3 Å². The van der Waals surface area contributed by atoms with Gasteiger partial charge in [0.2, 0.25) is 0 Å². The number of allylic oxidation sites excluding steroid dienone is 3. The molecule has 1 aromatic carbocycles. The standard InChI is InChI=1S/C10H14N2.C7H13NO/c1-2-3-5-8-6-4-7-9(11)10(8)12;1-7(6-9)4-2-3-5-8/h3-7H,2,11-12H2,1H3;2-5,7,9H,6,8H2,1H3/b5-3-;4-2-,5-3-. The molecule has 4 heteroatoms. The normalized spacial score (nSPS) is 12.7. The average Bonchev–Trinajstić information content (AvgIpc) is 2.49. The van der Waals surface area contributed by atoms with E-state index in [2.05, 4.69) is 13.0 Å². The van der Waals surface area contributed by atoms with Crippen molar-refractivity contribution in [3.63, 3.8) is 0 Å². The molecule has 0 amide bonds. The minimum Gasteiger partial charge on any atom is -0.405 e. The highest BCUT2D eigenvalue weighted by Crippen LogP contribution is 2.20. The van der Waals surface area contributed by atoms with Crippen molar-refractivity contribution < 1.29 is 5.11 Å². The van der Waals surface area contributed by atoms with Crippen molar-refractivity contribution in [2.45, 2.75) is 20.3 Å². The van der Waals surface area contributed by atoms with Crippen LogP contribution < -0.4 is 17.2 Å². The summed E-state index contributed by atoms with van der Waals surface area (Å²) in [6.07, 6.45) is 12.0. The molecular weight excluding hydrogens is 262 g/mol. The molecule has 0 bridgehead atoms. The van der Waals surface area contributed by atoms with Gasteiger partial charge in [-0.2, -0.15) is 0 Å². The third-order valence-corrected chi connectivity index (χ3v) is 2.66. The molecule has 0 saturated heterocycles. The number of para-hydroxylation sites is 1. The summed E-state index contributed by atoms with van der Waals surface area (Å²) >= 11 is 0. The van der Waals surface area contributed by atoms with Gasteiger partial charge in [-0.05, 0) is 36.2 Å². The first kappa shape index (κ1) is 18.8. The molecule has 0 aliphatic heterocycles. The SMILES string of the molecule is CC(/C=C\C=C/N)CO.CC/C=C\c1cccc(N)c1N. The average molecular weight is 289 g/mol. The van der Waals surface area contributed by atoms with Gasteiger partial charge in [-0.15, -0.1) is 0 Å². The van der Waals surface area contributed by atoms with Crippen molar-refractivity contribution in [3.8, 4) is 0 Å². The number of hydrogen-bond donors (Lipinski definition) is 4. The number of aliphatic hydroxyl groups excluding tert-OH is 1. The summed E-state index contributed by atoms with van der Waals surface area (Å²) in [6, 6.07) is 5.66. The maximum Gasteiger partial charge on any atom is 0.0621 e. The van der Waals surface area contributed by atoms with Gasteiger partial charge in [0.25, 0.3) is 0 Å². The molecule has 0 aliphatic carbocycles. The smallest absolute Gasteiger partial charge is 0.0621 e. The first-order valence-corrected chi connectivity index (χ1v) is 7.03. The van der Waals surface area contributed by atoms with E-state index in [1.54, 1.807) is 12.1 Å². The Morgan fingerprint density at radius 1 is 1.24 bits per heavy atom. The molecule has 1 rings (SSSR count). The quantitative estimate of drug-likeness (QED) is 0.495. The Kier molecular flexibility index (Phi) is 10.4. The van der Waals surface area contributed by atoms with Crippen molar-refractivity contribution >= 4 is 17.5 Å². The van der Waals surface area contributed by atoms with Crippen LogP contribution in [0.4, 0.5) is 11.4 Å². The lowest BCUT2D eigenvalue weighted by molar-refractivity contribution is 0.262. The highest BCUT2D eigenvalue weighted by atomic mass is 16.3. The van der Waals surface area contributed by atoms with Crippen LogP contribution in [0.25, 0.3) is 6.08 Å². The number of nitrogen functional groups attached to an aromatic ring is 2. The summed E-state index contributed by atoms with van der Waals surface area (Å²) in [5.74, 6) is 0.223. The molecule has 116 valence electrons. The van der Waals surface area contributed by atoms with Gasteiger partial charge in [0.1, 0.15) is 0 Å². The molecule has 0 fully saturated rings. The molecule has 21 heavy (non-hydrogen) atoms. The van der Waals surface area contributed by atoms with Crippen LogP contribution in [0.2, 0.25) is 0 Å². The number of aliphatic hydroxyl groups is 1. The van der Waals surface area contributed by atoms with E-state index in [-0.39, 0.29) is 12.5 Å². The first-order valence-electron chi connectivity index (χ1n) is 7.03. The monoisotopic (exact) mass is 289 g/mol. The van der Waals surface area contributed by atoms with Gasteiger partial charge < -0.3 is 22.3 Å². The summed E-state index contributed by atoms with van der Waals surface area (Å²) in [4.78, 5) is 0. The van der Waals surface area contributed by atoms with E-state index in [1.165, 1.54) is 6.20 Å². The summed E-state index contributed by atoms with van der Waals surface area (Å²) in [7, 11) is 0. The molecule has 0 aromatic heterocycles. The zero-order valence-corrected chi connectivity index (χ0v) is 12.9. The zero-order chi connectivity index (χ0) is 16.1. The molecule has 0 heterocycles. The van der Waals surface area contributed by atoms with Crippen molar-refractivity contribution in [1.29, 1.82) is 0 Å². The Bertz CT molecular complexity index is 479. The Balaban J connectivity index is 0.000000400. The van der Waals surface area contributed by atoms with Crippen LogP contribution in [-0.2, 0) is 0 Å². The molecule has 1 aromatic rings. The van der Waals surface area contributed by atoms with Crippen LogP contribution in [0.1, 0.15) is 25.8 Å². The second-order valence-corrected chi connectivity index (χ2v) is 4.59. The van der Waals surface area contributed by atoms with Crippen molar-refractivity contribution in [3.05, 3.63) is 54.3 Å². The molecule has 1 unspecified atom stereocenters. The Hall–Kier alpha value is -2.20. The topological polar surface area (TPSA) is 98.3 Å². The number of benzene rings is 1. The van der Waals surface area contributed by atoms with Crippen LogP contribution >= 0.6 is 0 Å². The van der Waals surface area contributed by atoms with Gasteiger partial charge in [0, 0.05) is 6.61 Å². The van der Waals surface area contributed by atoms with Crippen LogP contribution in [0.3, 0.4) is 0 Å². The third kappa shape index (κ3) is 8.55. The van der Waals surface area contributed by atoms with Gasteiger partial charge in [-0.1, -0.05) is 50.3 Å². The summed E-state index contributed by atoms with van der Waals surface area (Å²) in [6.45, 7) is 4.20. The fourth-order valence-electron chi connectivity index (χ4n) is 1.37. The van der Waals surface area contributed by atoms with Gasteiger partial charge in [-0.3, -0.25) is 0 Å². The summed E-state index contributed by atoms with van der Waals surface area (Å²) < 4.78 is 0. The largest absolute Gasteiger partial charge is 0.405 e. The highest BCUT2D eigenvalue weighted by molar-refractivity contribution is 5.75. The van der Waals surface area contributed by atoms with Gasteiger partial charge >= 0.3 is 0 Å². The van der Waals surface area contributed by atoms with Gasteiger partial charge in [-0.25, -0.2) is 0 Å². The van der Waals surface area contributed by atoms with E-state index in [9.17, 15) is 0 Å². The van der Waals surface area contributed by atoms with Crippen LogP contribution in [-0.4, -0.2) is 11.7 Å². The predicted molar refractivity (Wildman–Crippen MR) is 93.3 cm³/mol. The van der Waals surface area contributed by atoms with Crippen LogP contribution in [0.5, 0.6) is 0 Å². The van der Waals surface area contributed by atoms with Crippen molar-refractivity contribution in [2.24, 2.45) is 11.7 Å². The van der Waals surface area contributed by atoms with E-state index < -0.39 is 0 Å². The number of rotatable bonds is 5. The van der Waals surface area contributed by atoms with E-state index in [0.717, 1.165) is 12.0 Å². The molecule has 0 spiro atoms. The van der Waals surface area contributed by atoms with Crippen molar-refractivity contribution in [1.82, 2.24) is 0 Å². The lowest BCUT2D eigenvalue weighted by atomic mass is 10.1. The summed E-state index contributed by atoms with van der Waals surface area (Å²) in [5.41, 5.74) is 18.8. The zero-order valence-electron chi connectivity index (χ0n) is 12.9. The van der Waals surface area contributed by atoms with Crippen LogP contribution in [0.15, 0.2) is 48.7 Å². The van der Waals surface area contributed by atoms with E-state index in [0.29, 0.717) is 11.4 Å². The van der Waals surface area contributed by atoms with Gasteiger partial charge in [0.05, 0.1) is 11.4 Å². The fourth-order valence-corrected chi connectivity index (χ4v) is 1.37. The van der Waals surface area contributed by atoms with Crippen LogP contribution in [0, 0.1) is 5.92 Å². The number of hydrogen-bond acceptors (Lipinski definition) is 4. The Labute approximate surface area is 127 Å². The lowest BCUT2D eigenvalue weighted by Crippen LogP contribution is -1.96. The molecule has 0 saturated carbocycles. The second-order valence-electron chi connectivity index (χ2n) is 4.59. The molecule has 0 aliphatic rings. The van der Waals surface area contributed by atoms with Crippen molar-refractivity contribution in [2.75, 3.05) is 18.1 Å². The second kappa shape index (κ2) is 11.6. The van der Waals surface area contributed by atoms with E-state index >= 15 is 0 Å². The molecule has 4 nitrogen and oxygen atoms in total. The molecule has 1 atom stereocenters. The molecular formula is C17H27N3O. The van der Waals surface area contributed by atoms with Gasteiger partial charge in [0.15, 0.2) is 0 Å². The number of anilines is 2. The predicted octanol–water partition coefficient (Wildman–Crippen LogP) is 2.92. The number of nitrogens with two attached hydrogens (primary N) is 3. The Morgan fingerprint density at radius 3 is 2.52 bits per heavy atom. The maximum absolute atomic E-state index is 8.53. The molecule has 0 radical (unpaired) electrons. The molecule has 7 N–H and O–H groups in total. The Morgan fingerprint density at radius 2 is 1.95 bits per heavy atom. The first-order chi connectivity index (χ1) is 10.1. The summed E-state index contributed by atoms with van der Waals surface area (Å²) in [5, 5.41) is 8.53. The minimum atomic E-state index is 0.189. The third-order valence-electron chi connectivity index (χ3n) is 2.66. The minimum absolute atomic E-state index is 0.189. The fraction of sp³-hybridized carbons (Fsp3) is 0.294. The maximum atomic E-state index is 8.53.